The van der Waals surface area contributed by atoms with Crippen LogP contribution in [0.2, 0.25) is 38.3 Å². The number of nitriles is 2. The van der Waals surface area contributed by atoms with Gasteiger partial charge in [0.1, 0.15) is 11.5 Å². The monoisotopic (exact) mass is 712 g/mol. The highest BCUT2D eigenvalue weighted by Crippen LogP contribution is 2.26. The number of benzene rings is 4. The molecule has 0 aliphatic heterocycles. The molecule has 0 atom stereocenters. The van der Waals surface area contributed by atoms with Gasteiger partial charge in [-0.05, 0) is 122 Å². The van der Waals surface area contributed by atoms with Gasteiger partial charge >= 0.3 is 0 Å². The van der Waals surface area contributed by atoms with Crippen LogP contribution in [0.25, 0.3) is 24.3 Å². The quantitative estimate of drug-likeness (QED) is 0.0518. The molecule has 0 fully saturated rings. The molecule has 51 heavy (non-hydrogen) atoms. The largest absolute Gasteiger partial charge is 0.494 e. The van der Waals surface area contributed by atoms with Crippen LogP contribution in [0.4, 0.5) is 0 Å². The fraction of sp³-hybridized carbons (Fsp3) is 0.318. The molecule has 0 aliphatic rings. The van der Waals surface area contributed by atoms with E-state index in [4.69, 9.17) is 24.1 Å². The second-order valence-corrected chi connectivity index (χ2v) is 23.1. The Morgan fingerprint density at radius 2 is 0.765 bits per heavy atom. The molecule has 0 saturated heterocycles. The van der Waals surface area contributed by atoms with Gasteiger partial charge in [-0.3, -0.25) is 0 Å². The third kappa shape index (κ3) is 15.0. The van der Waals surface area contributed by atoms with E-state index in [1.54, 1.807) is 0 Å². The minimum atomic E-state index is -1.70. The molecular weight excluding hydrogens is 661 g/mol. The van der Waals surface area contributed by atoms with E-state index in [2.05, 4.69) is 86.9 Å². The Morgan fingerprint density at radius 1 is 0.451 bits per heavy atom. The second-order valence-electron chi connectivity index (χ2n) is 14.2. The summed E-state index contributed by atoms with van der Waals surface area (Å²) in [6, 6.07) is 38.2. The second kappa shape index (κ2) is 20.2. The van der Waals surface area contributed by atoms with Gasteiger partial charge in [0.2, 0.25) is 0 Å². The predicted molar refractivity (Wildman–Crippen MR) is 217 cm³/mol. The van der Waals surface area contributed by atoms with Crippen LogP contribution in [0.5, 0.6) is 11.5 Å². The van der Waals surface area contributed by atoms with Gasteiger partial charge in [0.15, 0.2) is 16.6 Å². The Labute approximate surface area is 308 Å². The molecule has 0 heterocycles. The van der Waals surface area contributed by atoms with Gasteiger partial charge in [-0.1, -0.05) is 98.5 Å². The summed E-state index contributed by atoms with van der Waals surface area (Å²) in [6.45, 7) is 11.0. The third-order valence-corrected chi connectivity index (χ3v) is 16.2. The highest BCUT2D eigenvalue weighted by molar-refractivity contribution is 6.84. The van der Waals surface area contributed by atoms with Crippen LogP contribution in [0.15, 0.2) is 97.1 Å². The van der Waals surface area contributed by atoms with E-state index in [-0.39, 0.29) is 0 Å². The van der Waals surface area contributed by atoms with E-state index in [9.17, 15) is 0 Å². The van der Waals surface area contributed by atoms with Crippen molar-refractivity contribution in [1.29, 1.82) is 10.5 Å². The van der Waals surface area contributed by atoms with Crippen LogP contribution in [-0.2, 0) is 4.12 Å². The van der Waals surface area contributed by atoms with Gasteiger partial charge in [-0.25, -0.2) is 0 Å². The summed E-state index contributed by atoms with van der Waals surface area (Å²) < 4.78 is 18.9. The molecule has 0 aliphatic carbocycles. The maximum Gasteiger partial charge on any atom is 0.173 e. The van der Waals surface area contributed by atoms with Crippen LogP contribution in [0.1, 0.15) is 71.9 Å². The van der Waals surface area contributed by atoms with Crippen LogP contribution < -0.4 is 9.47 Å². The van der Waals surface area contributed by atoms with E-state index in [1.807, 2.05) is 72.8 Å². The van der Waals surface area contributed by atoms with Gasteiger partial charge in [0.05, 0.1) is 36.5 Å². The highest BCUT2D eigenvalue weighted by Gasteiger charge is 2.32. The van der Waals surface area contributed by atoms with Crippen molar-refractivity contribution in [3.05, 3.63) is 130 Å². The number of hydrogen-bond acceptors (Lipinski definition) is 5. The van der Waals surface area contributed by atoms with Crippen molar-refractivity contribution in [2.24, 2.45) is 0 Å². The van der Waals surface area contributed by atoms with E-state index >= 15 is 0 Å². The minimum Gasteiger partial charge on any atom is -0.494 e. The SMILES string of the molecule is C[Si](C)(CCCCCOc1ccc(/C=C/c2ccc(C#N)cc2)cc1)O[Si](C)(C)CCCCCOc1ccc(/C=C/c2ccc(C#N)cc2)cc1. The lowest BCUT2D eigenvalue weighted by Crippen LogP contribution is -2.44. The lowest BCUT2D eigenvalue weighted by Gasteiger charge is -2.34. The van der Waals surface area contributed by atoms with Crippen LogP contribution in [0.3, 0.4) is 0 Å². The van der Waals surface area contributed by atoms with Crippen molar-refractivity contribution in [3.8, 4) is 23.6 Å². The van der Waals surface area contributed by atoms with Crippen LogP contribution >= 0.6 is 0 Å². The Balaban J connectivity index is 1.03. The first-order valence-corrected chi connectivity index (χ1v) is 24.4. The fourth-order valence-corrected chi connectivity index (χ4v) is 15.0. The average Bonchev–Trinajstić information content (AvgIpc) is 3.13. The molecule has 4 aromatic rings. The van der Waals surface area contributed by atoms with E-state index in [0.29, 0.717) is 11.1 Å². The molecule has 7 heteroatoms. The van der Waals surface area contributed by atoms with E-state index in [1.165, 1.54) is 24.9 Å². The summed E-state index contributed by atoms with van der Waals surface area (Å²) >= 11 is 0. The van der Waals surface area contributed by atoms with Crippen molar-refractivity contribution in [2.45, 2.75) is 76.8 Å². The van der Waals surface area contributed by atoms with Crippen LogP contribution in [-0.4, -0.2) is 29.8 Å². The average molecular weight is 713 g/mol. The van der Waals surface area contributed by atoms with Gasteiger partial charge in [-0.15, -0.1) is 0 Å². The van der Waals surface area contributed by atoms with Crippen molar-refractivity contribution < 1.29 is 13.6 Å². The molecule has 0 radical (unpaired) electrons. The van der Waals surface area contributed by atoms with Gasteiger partial charge in [0.25, 0.3) is 0 Å². The lowest BCUT2D eigenvalue weighted by atomic mass is 10.1. The number of unbranched alkanes of at least 4 members (excludes halogenated alkanes) is 4. The first-order valence-electron chi connectivity index (χ1n) is 18.2. The summed E-state index contributed by atoms with van der Waals surface area (Å²) in [5.41, 5.74) is 5.71. The summed E-state index contributed by atoms with van der Waals surface area (Å²) in [5.74, 6) is 1.81. The molecule has 0 spiro atoms. The Kier molecular flexibility index (Phi) is 15.5. The van der Waals surface area contributed by atoms with Gasteiger partial charge in [0, 0.05) is 0 Å². The zero-order valence-corrected chi connectivity index (χ0v) is 32.7. The first-order chi connectivity index (χ1) is 24.6. The molecule has 264 valence electrons. The maximum absolute atomic E-state index is 8.95. The number of hydrogen-bond donors (Lipinski definition) is 0. The zero-order chi connectivity index (χ0) is 36.4. The molecule has 0 bridgehead atoms. The maximum atomic E-state index is 8.95. The van der Waals surface area contributed by atoms with Crippen molar-refractivity contribution in [1.82, 2.24) is 0 Å². The van der Waals surface area contributed by atoms with Gasteiger partial charge in [-0.2, -0.15) is 10.5 Å². The number of nitrogens with zero attached hydrogens (tertiary/aromatic N) is 2. The topological polar surface area (TPSA) is 75.3 Å². The zero-order valence-electron chi connectivity index (χ0n) is 30.7. The number of ether oxygens (including phenoxy) is 2. The summed E-state index contributed by atoms with van der Waals surface area (Å²) in [7, 11) is -3.40. The van der Waals surface area contributed by atoms with Gasteiger partial charge < -0.3 is 13.6 Å². The summed E-state index contributed by atoms with van der Waals surface area (Å²) in [5, 5.41) is 17.9. The normalized spacial score (nSPS) is 11.8. The molecule has 0 aromatic heterocycles. The van der Waals surface area contributed by atoms with E-state index < -0.39 is 16.6 Å². The molecule has 5 nitrogen and oxygen atoms in total. The molecule has 0 unspecified atom stereocenters. The Bertz CT molecular complexity index is 1630. The minimum absolute atomic E-state index is 0.672. The molecule has 0 amide bonds. The standard InChI is InChI=1S/C44H52N2O3Si2/c1-50(2,33-9-5-7-31-47-43-27-23-39(24-28-43)13-11-37-15-19-41(35-45)20-16-37)49-51(3,4)34-10-6-8-32-48-44-29-25-40(26-30-44)14-12-38-17-21-42(36-46)22-18-38/h11-30H,5-10,31-34H2,1-4H3/b13-11+,14-12+. The summed E-state index contributed by atoms with van der Waals surface area (Å²) in [4.78, 5) is 0. The van der Waals surface area contributed by atoms with Crippen molar-refractivity contribution in [2.75, 3.05) is 13.2 Å². The van der Waals surface area contributed by atoms with E-state index in [0.717, 1.165) is 72.6 Å². The van der Waals surface area contributed by atoms with Crippen molar-refractivity contribution >= 4 is 40.9 Å². The highest BCUT2D eigenvalue weighted by atomic mass is 28.4. The molecule has 4 aromatic carbocycles. The Hall–Kier alpha value is -4.67. The molecule has 0 N–H and O–H groups in total. The molecule has 0 saturated carbocycles. The molecular formula is C44H52N2O3Si2. The van der Waals surface area contributed by atoms with Crippen molar-refractivity contribution in [3.63, 3.8) is 0 Å². The molecule has 4 rings (SSSR count). The van der Waals surface area contributed by atoms with Crippen LogP contribution in [0, 0.1) is 22.7 Å². The fourth-order valence-electron chi connectivity index (χ4n) is 5.96. The first kappa shape index (κ1) is 39.1. The predicted octanol–water partition coefficient (Wildman–Crippen LogP) is 12.0. The smallest absolute Gasteiger partial charge is 0.173 e. The Morgan fingerprint density at radius 3 is 1.08 bits per heavy atom. The third-order valence-electron chi connectivity index (χ3n) is 8.71. The number of rotatable bonds is 20. The summed E-state index contributed by atoms with van der Waals surface area (Å²) in [6.07, 6.45) is 15.0. The lowest BCUT2D eigenvalue weighted by molar-refractivity contribution is 0.305.